The van der Waals surface area contributed by atoms with Gasteiger partial charge in [-0.3, -0.25) is 0 Å². The van der Waals surface area contributed by atoms with Gasteiger partial charge in [-0.2, -0.15) is 0 Å². The number of carboxylic acids is 1. The van der Waals surface area contributed by atoms with Crippen molar-refractivity contribution in [2.24, 2.45) is 0 Å². The van der Waals surface area contributed by atoms with Crippen LogP contribution in [0, 0.1) is 0 Å². The molecule has 1 N–H and O–H groups in total. The normalized spacial score (nSPS) is 23.5. The lowest BCUT2D eigenvalue weighted by atomic mass is 10.3. The minimum Gasteiger partial charge on any atom is -0.478 e. The fraction of sp³-hybridized carbons (Fsp3) is 0.667. The Morgan fingerprint density at radius 2 is 2.55 bits per heavy atom. The second kappa shape index (κ2) is 2.77. The molecule has 0 bridgehead atoms. The predicted octanol–water partition coefficient (Wildman–Crippen LogP) is -0.0883. The summed E-state index contributed by atoms with van der Waals surface area (Å²) in [4.78, 5) is 22.4. The molecule has 0 unspecified atom stereocenters. The third-order valence-corrected chi connectivity index (χ3v) is 1.54. The van der Waals surface area contributed by atoms with Crippen molar-refractivity contribution < 1.29 is 19.4 Å². The van der Waals surface area contributed by atoms with Crippen molar-refractivity contribution in [2.75, 3.05) is 13.1 Å². The lowest BCUT2D eigenvalue weighted by Gasteiger charge is -2.06. The van der Waals surface area contributed by atoms with Crippen LogP contribution < -0.4 is 0 Å². The molecule has 0 aromatic carbocycles. The van der Waals surface area contributed by atoms with Crippen LogP contribution in [0.15, 0.2) is 0 Å². The number of carboxylic acid groups (broad SMARTS) is 1. The maximum atomic E-state index is 10.8. The molecule has 1 aliphatic heterocycles. The average molecular weight is 159 g/mol. The lowest BCUT2D eigenvalue weighted by molar-refractivity contribution is -0.144. The highest BCUT2D eigenvalue weighted by molar-refractivity contribution is 5.81. The number of nitrogens with zero attached hydrogens (tertiary/aromatic N) is 1. The van der Waals surface area contributed by atoms with Gasteiger partial charge in [0.1, 0.15) is 0 Å². The van der Waals surface area contributed by atoms with Crippen LogP contribution in [0.3, 0.4) is 0 Å². The number of hydrogen-bond acceptors (Lipinski definition) is 3. The number of ether oxygens (including phenoxy) is 1. The number of aliphatic carboxylic acids is 1. The van der Waals surface area contributed by atoms with Gasteiger partial charge in [-0.25, -0.2) is 9.59 Å². The van der Waals surface area contributed by atoms with Crippen molar-refractivity contribution in [3.8, 4) is 0 Å². The summed E-state index contributed by atoms with van der Waals surface area (Å²) in [6, 6.07) is 0. The summed E-state index contributed by atoms with van der Waals surface area (Å²) < 4.78 is 4.51. The van der Waals surface area contributed by atoms with Crippen molar-refractivity contribution in [1.82, 2.24) is 4.90 Å². The number of carbonyl (C=O) groups excluding carboxylic acids is 1. The molecule has 1 amide bonds. The second-order valence-electron chi connectivity index (χ2n) is 2.25. The van der Waals surface area contributed by atoms with Crippen molar-refractivity contribution >= 4 is 12.1 Å². The molecule has 1 heterocycles. The Balaban J connectivity index is 2.56. The first-order chi connectivity index (χ1) is 5.15. The Hall–Kier alpha value is -1.26. The van der Waals surface area contributed by atoms with Gasteiger partial charge in [0.25, 0.3) is 0 Å². The summed E-state index contributed by atoms with van der Waals surface area (Å²) in [6.45, 7) is 2.42. The van der Waals surface area contributed by atoms with Crippen LogP contribution in [0.1, 0.15) is 6.92 Å². The van der Waals surface area contributed by atoms with E-state index in [-0.39, 0.29) is 6.54 Å². The Morgan fingerprint density at radius 1 is 1.91 bits per heavy atom. The van der Waals surface area contributed by atoms with E-state index in [2.05, 4.69) is 4.74 Å². The van der Waals surface area contributed by atoms with Crippen LogP contribution in [-0.4, -0.2) is 41.3 Å². The summed E-state index contributed by atoms with van der Waals surface area (Å²) in [5.74, 6) is -1.09. The molecule has 1 saturated heterocycles. The number of amides is 1. The quantitative estimate of drug-likeness (QED) is 0.611. The molecule has 0 spiro atoms. The minimum atomic E-state index is -1.09. The monoisotopic (exact) mass is 159 g/mol. The summed E-state index contributed by atoms with van der Waals surface area (Å²) in [6.07, 6.45) is -1.53. The molecule has 0 aliphatic carbocycles. The Kier molecular flexibility index (Phi) is 1.98. The van der Waals surface area contributed by atoms with E-state index < -0.39 is 18.2 Å². The predicted molar refractivity (Wildman–Crippen MR) is 35.2 cm³/mol. The smallest absolute Gasteiger partial charge is 0.410 e. The zero-order chi connectivity index (χ0) is 8.43. The number of likely N-dealkylation sites (N-methyl/N-ethyl adjacent to an activating group) is 1. The Labute approximate surface area is 63.5 Å². The highest BCUT2D eigenvalue weighted by Gasteiger charge is 2.34. The summed E-state index contributed by atoms with van der Waals surface area (Å²) >= 11 is 0. The molecule has 0 radical (unpaired) electrons. The molecule has 1 aliphatic rings. The van der Waals surface area contributed by atoms with Gasteiger partial charge in [-0.15, -0.1) is 0 Å². The Morgan fingerprint density at radius 3 is 2.82 bits per heavy atom. The average Bonchev–Trinajstić information content (AvgIpc) is 2.31. The molecule has 62 valence electrons. The van der Waals surface area contributed by atoms with E-state index in [0.29, 0.717) is 6.54 Å². The molecule has 5 heteroatoms. The number of rotatable bonds is 2. The molecule has 0 aromatic heterocycles. The second-order valence-corrected chi connectivity index (χ2v) is 2.25. The lowest BCUT2D eigenvalue weighted by Crippen LogP contribution is -2.27. The molecule has 5 nitrogen and oxygen atoms in total. The molecular formula is C6H9NO4. The van der Waals surface area contributed by atoms with E-state index >= 15 is 0 Å². The Bertz CT molecular complexity index is 191. The van der Waals surface area contributed by atoms with E-state index in [1.54, 1.807) is 6.92 Å². The summed E-state index contributed by atoms with van der Waals surface area (Å²) in [5.41, 5.74) is 0. The van der Waals surface area contributed by atoms with Gasteiger partial charge >= 0.3 is 12.1 Å². The number of cyclic esters (lactones) is 1. The van der Waals surface area contributed by atoms with Crippen LogP contribution in [0.25, 0.3) is 0 Å². The van der Waals surface area contributed by atoms with Crippen molar-refractivity contribution in [1.29, 1.82) is 0 Å². The maximum Gasteiger partial charge on any atom is 0.410 e. The van der Waals surface area contributed by atoms with E-state index in [0.717, 1.165) is 0 Å². The van der Waals surface area contributed by atoms with Crippen LogP contribution >= 0.6 is 0 Å². The first-order valence-electron chi connectivity index (χ1n) is 3.33. The number of carbonyl (C=O) groups is 2. The van der Waals surface area contributed by atoms with Crippen molar-refractivity contribution in [3.63, 3.8) is 0 Å². The topological polar surface area (TPSA) is 66.8 Å². The fourth-order valence-electron chi connectivity index (χ4n) is 0.895. The van der Waals surface area contributed by atoms with Crippen molar-refractivity contribution in [3.05, 3.63) is 0 Å². The molecule has 1 fully saturated rings. The van der Waals surface area contributed by atoms with E-state index in [9.17, 15) is 9.59 Å². The zero-order valence-electron chi connectivity index (χ0n) is 6.11. The van der Waals surface area contributed by atoms with Crippen LogP contribution in [0.2, 0.25) is 0 Å². The SMILES string of the molecule is CCN1C[C@H](C(=O)O)OC1=O. The first-order valence-corrected chi connectivity index (χ1v) is 3.33. The summed E-state index contributed by atoms with van der Waals surface area (Å²) in [5, 5.41) is 8.44. The van der Waals surface area contributed by atoms with Crippen LogP contribution in [0.5, 0.6) is 0 Å². The fourth-order valence-corrected chi connectivity index (χ4v) is 0.895. The number of hydrogen-bond donors (Lipinski definition) is 1. The van der Waals surface area contributed by atoms with Crippen molar-refractivity contribution in [2.45, 2.75) is 13.0 Å². The van der Waals surface area contributed by atoms with Crippen LogP contribution in [0.4, 0.5) is 4.79 Å². The molecule has 0 aromatic rings. The van der Waals surface area contributed by atoms with Gasteiger partial charge in [0.2, 0.25) is 6.10 Å². The highest BCUT2D eigenvalue weighted by atomic mass is 16.6. The molecule has 0 saturated carbocycles. The molecule has 1 atom stereocenters. The third kappa shape index (κ3) is 1.42. The first kappa shape index (κ1) is 7.84. The van der Waals surface area contributed by atoms with Gasteiger partial charge in [-0.1, -0.05) is 0 Å². The summed E-state index contributed by atoms with van der Waals surface area (Å²) in [7, 11) is 0. The van der Waals surface area contributed by atoms with E-state index in [1.165, 1.54) is 4.90 Å². The molecular weight excluding hydrogens is 150 g/mol. The van der Waals surface area contributed by atoms with E-state index in [4.69, 9.17) is 5.11 Å². The minimum absolute atomic E-state index is 0.157. The largest absolute Gasteiger partial charge is 0.478 e. The molecule has 11 heavy (non-hydrogen) atoms. The molecule has 1 rings (SSSR count). The van der Waals surface area contributed by atoms with E-state index in [1.807, 2.05) is 0 Å². The van der Waals surface area contributed by atoms with Gasteiger partial charge < -0.3 is 14.7 Å². The van der Waals surface area contributed by atoms with Crippen LogP contribution in [-0.2, 0) is 9.53 Å². The zero-order valence-corrected chi connectivity index (χ0v) is 6.11. The van der Waals surface area contributed by atoms with Gasteiger partial charge in [0, 0.05) is 6.54 Å². The maximum absolute atomic E-state index is 10.8. The standard InChI is InChI=1S/C6H9NO4/c1-2-7-3-4(5(8)9)11-6(7)10/h4H,2-3H2,1H3,(H,8,9)/t4-/m1/s1. The third-order valence-electron chi connectivity index (χ3n) is 1.54. The highest BCUT2D eigenvalue weighted by Crippen LogP contribution is 2.09. The van der Waals surface area contributed by atoms with Gasteiger partial charge in [-0.05, 0) is 6.92 Å². The van der Waals surface area contributed by atoms with Gasteiger partial charge in [0.05, 0.1) is 6.54 Å². The van der Waals surface area contributed by atoms with Gasteiger partial charge in [0.15, 0.2) is 0 Å².